The van der Waals surface area contributed by atoms with Crippen molar-refractivity contribution < 1.29 is 0 Å². The largest absolute Gasteiger partial charge is 0.338 e. The van der Waals surface area contributed by atoms with E-state index in [1.807, 2.05) is 19.4 Å². The van der Waals surface area contributed by atoms with Gasteiger partial charge in [-0.1, -0.05) is 18.1 Å². The molecule has 1 aliphatic rings. The molecule has 0 N–H and O–H groups in total. The van der Waals surface area contributed by atoms with Gasteiger partial charge in [-0.3, -0.25) is 0 Å². The molecule has 3 heteroatoms. The Labute approximate surface area is 102 Å². The lowest BCUT2D eigenvalue weighted by Gasteiger charge is -2.06. The normalized spacial score (nSPS) is 21.6. The minimum Gasteiger partial charge on any atom is -0.338 e. The molecule has 0 fully saturated rings. The van der Waals surface area contributed by atoms with Gasteiger partial charge < -0.3 is 4.57 Å². The molecule has 0 amide bonds. The standard InChI is InChI=1S/C13H19ClN2/c1-16-9-8-15-13(16)7-6-11-4-2-3-5-12(14)10-11/h8-10,12H,2-7H2,1H3. The number of nitrogens with zero attached hydrogens (tertiary/aromatic N) is 2. The number of imidazole rings is 1. The van der Waals surface area contributed by atoms with Gasteiger partial charge in [0.2, 0.25) is 0 Å². The summed E-state index contributed by atoms with van der Waals surface area (Å²) < 4.78 is 2.09. The van der Waals surface area contributed by atoms with Crippen LogP contribution in [-0.4, -0.2) is 14.9 Å². The lowest BCUT2D eigenvalue weighted by molar-refractivity contribution is 0.695. The number of aromatic nitrogens is 2. The molecule has 1 aromatic heterocycles. The summed E-state index contributed by atoms with van der Waals surface area (Å²) in [6, 6.07) is 0. The van der Waals surface area contributed by atoms with Crippen molar-refractivity contribution in [2.24, 2.45) is 7.05 Å². The van der Waals surface area contributed by atoms with Gasteiger partial charge in [0.1, 0.15) is 5.82 Å². The van der Waals surface area contributed by atoms with Crippen LogP contribution in [0.15, 0.2) is 24.0 Å². The second-order valence-electron chi connectivity index (χ2n) is 4.54. The van der Waals surface area contributed by atoms with Crippen LogP contribution in [0.2, 0.25) is 0 Å². The first kappa shape index (κ1) is 11.7. The molecule has 16 heavy (non-hydrogen) atoms. The number of halogens is 1. The molecular formula is C13H19ClN2. The number of rotatable bonds is 3. The van der Waals surface area contributed by atoms with E-state index in [1.165, 1.54) is 24.8 Å². The van der Waals surface area contributed by atoms with E-state index in [1.54, 1.807) is 0 Å². The SMILES string of the molecule is Cn1ccnc1CCC1=CC(Cl)CCCC1. The van der Waals surface area contributed by atoms with Crippen molar-refractivity contribution in [1.29, 1.82) is 0 Å². The topological polar surface area (TPSA) is 17.8 Å². The molecule has 88 valence electrons. The van der Waals surface area contributed by atoms with E-state index in [2.05, 4.69) is 15.6 Å². The molecule has 0 saturated carbocycles. The molecule has 1 aromatic rings. The highest BCUT2D eigenvalue weighted by Crippen LogP contribution is 2.23. The van der Waals surface area contributed by atoms with Crippen molar-refractivity contribution in [3.63, 3.8) is 0 Å². The third-order valence-corrected chi connectivity index (χ3v) is 3.58. The zero-order valence-electron chi connectivity index (χ0n) is 9.82. The maximum Gasteiger partial charge on any atom is 0.108 e. The average Bonchev–Trinajstić information content (AvgIpc) is 2.54. The van der Waals surface area contributed by atoms with Crippen molar-refractivity contribution in [2.45, 2.75) is 43.9 Å². The van der Waals surface area contributed by atoms with Crippen molar-refractivity contribution >= 4 is 11.6 Å². The molecule has 0 aromatic carbocycles. The van der Waals surface area contributed by atoms with Crippen molar-refractivity contribution in [3.05, 3.63) is 29.9 Å². The Morgan fingerprint density at radius 3 is 3.06 bits per heavy atom. The maximum atomic E-state index is 6.21. The molecule has 1 aliphatic carbocycles. The second-order valence-corrected chi connectivity index (χ2v) is 5.10. The van der Waals surface area contributed by atoms with E-state index in [0.717, 1.165) is 25.1 Å². The molecule has 1 heterocycles. The van der Waals surface area contributed by atoms with Crippen LogP contribution in [0.3, 0.4) is 0 Å². The third kappa shape index (κ3) is 3.11. The zero-order valence-corrected chi connectivity index (χ0v) is 10.6. The van der Waals surface area contributed by atoms with Crippen molar-refractivity contribution in [3.8, 4) is 0 Å². The van der Waals surface area contributed by atoms with Crippen LogP contribution in [0.25, 0.3) is 0 Å². The number of hydrogen-bond acceptors (Lipinski definition) is 1. The van der Waals surface area contributed by atoms with Crippen LogP contribution in [-0.2, 0) is 13.5 Å². The number of aryl methyl sites for hydroxylation is 2. The highest BCUT2D eigenvalue weighted by molar-refractivity contribution is 6.21. The van der Waals surface area contributed by atoms with Gasteiger partial charge in [0.05, 0.1) is 5.38 Å². The van der Waals surface area contributed by atoms with Gasteiger partial charge in [0.25, 0.3) is 0 Å². The van der Waals surface area contributed by atoms with Gasteiger partial charge in [-0.05, 0) is 25.7 Å². The van der Waals surface area contributed by atoms with Gasteiger partial charge in [0, 0.05) is 25.9 Å². The van der Waals surface area contributed by atoms with Gasteiger partial charge >= 0.3 is 0 Å². The van der Waals surface area contributed by atoms with E-state index in [-0.39, 0.29) is 5.38 Å². The number of alkyl halides is 1. The Bertz CT molecular complexity index is 368. The van der Waals surface area contributed by atoms with Crippen LogP contribution < -0.4 is 0 Å². The van der Waals surface area contributed by atoms with E-state index in [0.29, 0.717) is 0 Å². The molecule has 1 atom stereocenters. The summed E-state index contributed by atoms with van der Waals surface area (Å²) in [5, 5.41) is 0.249. The van der Waals surface area contributed by atoms with Crippen LogP contribution in [0.5, 0.6) is 0 Å². The average molecular weight is 239 g/mol. The molecule has 0 radical (unpaired) electrons. The minimum absolute atomic E-state index is 0.249. The molecular weight excluding hydrogens is 220 g/mol. The first-order valence-electron chi connectivity index (χ1n) is 6.05. The lowest BCUT2D eigenvalue weighted by atomic mass is 10.1. The van der Waals surface area contributed by atoms with Crippen LogP contribution in [0, 0.1) is 0 Å². The molecule has 1 unspecified atom stereocenters. The van der Waals surface area contributed by atoms with Crippen molar-refractivity contribution in [2.75, 3.05) is 0 Å². The minimum atomic E-state index is 0.249. The molecule has 2 nitrogen and oxygen atoms in total. The Balaban J connectivity index is 1.92. The number of hydrogen-bond donors (Lipinski definition) is 0. The Hall–Kier alpha value is -0.760. The van der Waals surface area contributed by atoms with E-state index in [9.17, 15) is 0 Å². The Morgan fingerprint density at radius 2 is 2.31 bits per heavy atom. The highest BCUT2D eigenvalue weighted by atomic mass is 35.5. The fourth-order valence-electron chi connectivity index (χ4n) is 2.23. The zero-order chi connectivity index (χ0) is 11.4. The monoisotopic (exact) mass is 238 g/mol. The second kappa shape index (κ2) is 5.53. The van der Waals surface area contributed by atoms with Gasteiger partial charge in [-0.15, -0.1) is 11.6 Å². The summed E-state index contributed by atoms with van der Waals surface area (Å²) in [6.07, 6.45) is 13.2. The summed E-state index contributed by atoms with van der Waals surface area (Å²) in [6.45, 7) is 0. The first-order chi connectivity index (χ1) is 7.75. The van der Waals surface area contributed by atoms with E-state index in [4.69, 9.17) is 11.6 Å². The Morgan fingerprint density at radius 1 is 1.44 bits per heavy atom. The molecule has 0 saturated heterocycles. The van der Waals surface area contributed by atoms with Gasteiger partial charge in [-0.2, -0.15) is 0 Å². The quantitative estimate of drug-likeness (QED) is 0.583. The summed E-state index contributed by atoms with van der Waals surface area (Å²) in [5.41, 5.74) is 1.51. The molecule has 2 rings (SSSR count). The predicted octanol–water partition coefficient (Wildman–Crippen LogP) is 3.46. The molecule has 0 bridgehead atoms. The van der Waals surface area contributed by atoms with Gasteiger partial charge in [0.15, 0.2) is 0 Å². The number of allylic oxidation sites excluding steroid dienone is 2. The fraction of sp³-hybridized carbons (Fsp3) is 0.615. The fourth-order valence-corrected chi connectivity index (χ4v) is 2.56. The maximum absolute atomic E-state index is 6.21. The molecule has 0 aliphatic heterocycles. The lowest BCUT2D eigenvalue weighted by Crippen LogP contribution is -1.99. The van der Waals surface area contributed by atoms with Crippen LogP contribution in [0.1, 0.15) is 37.9 Å². The summed E-state index contributed by atoms with van der Waals surface area (Å²) in [7, 11) is 2.05. The van der Waals surface area contributed by atoms with Crippen LogP contribution >= 0.6 is 11.6 Å². The van der Waals surface area contributed by atoms with Gasteiger partial charge in [-0.25, -0.2) is 4.98 Å². The third-order valence-electron chi connectivity index (χ3n) is 3.24. The van der Waals surface area contributed by atoms with E-state index >= 15 is 0 Å². The predicted molar refractivity (Wildman–Crippen MR) is 67.7 cm³/mol. The summed E-state index contributed by atoms with van der Waals surface area (Å²) >= 11 is 6.21. The highest BCUT2D eigenvalue weighted by Gasteiger charge is 2.10. The van der Waals surface area contributed by atoms with Crippen molar-refractivity contribution in [1.82, 2.24) is 9.55 Å². The summed E-state index contributed by atoms with van der Waals surface area (Å²) in [4.78, 5) is 4.35. The Kier molecular flexibility index (Phi) is 4.05. The summed E-state index contributed by atoms with van der Waals surface area (Å²) in [5.74, 6) is 1.16. The van der Waals surface area contributed by atoms with Crippen LogP contribution in [0.4, 0.5) is 0 Å². The first-order valence-corrected chi connectivity index (χ1v) is 6.49. The smallest absolute Gasteiger partial charge is 0.108 e. The molecule has 0 spiro atoms. The van der Waals surface area contributed by atoms with E-state index < -0.39 is 0 Å².